The third-order valence-electron chi connectivity index (χ3n) is 2.30. The van der Waals surface area contributed by atoms with Crippen molar-refractivity contribution >= 4 is 38.9 Å². The van der Waals surface area contributed by atoms with E-state index in [4.69, 9.17) is 17.3 Å². The van der Waals surface area contributed by atoms with Gasteiger partial charge in [-0.1, -0.05) is 25.4 Å². The van der Waals surface area contributed by atoms with Crippen LogP contribution in [0.4, 0.5) is 0 Å². The fraction of sp³-hybridized carbons (Fsp3) is 0.600. The first-order valence-electron chi connectivity index (χ1n) is 4.58. The van der Waals surface area contributed by atoms with Crippen LogP contribution in [-0.2, 0) is 6.42 Å². The van der Waals surface area contributed by atoms with Gasteiger partial charge in [-0.3, -0.25) is 0 Å². The second-order valence-electron chi connectivity index (χ2n) is 4.20. The summed E-state index contributed by atoms with van der Waals surface area (Å²) >= 11 is 11.0. The highest BCUT2D eigenvalue weighted by atomic mass is 79.9. The van der Waals surface area contributed by atoms with Crippen LogP contribution in [0.25, 0.3) is 0 Å². The molecule has 0 unspecified atom stereocenters. The first kappa shape index (κ1) is 12.5. The molecule has 0 spiro atoms. The maximum atomic E-state index is 5.96. The van der Waals surface area contributed by atoms with Gasteiger partial charge in [0, 0.05) is 9.35 Å². The fourth-order valence-corrected chi connectivity index (χ4v) is 2.87. The van der Waals surface area contributed by atoms with Crippen LogP contribution in [0.2, 0.25) is 4.34 Å². The van der Waals surface area contributed by atoms with Crippen molar-refractivity contribution in [2.24, 2.45) is 11.1 Å². The average Bonchev–Trinajstić information content (AvgIpc) is 2.44. The zero-order valence-corrected chi connectivity index (χ0v) is 11.6. The average molecular weight is 297 g/mol. The van der Waals surface area contributed by atoms with E-state index in [2.05, 4.69) is 35.8 Å². The highest BCUT2D eigenvalue weighted by molar-refractivity contribution is 9.10. The summed E-state index contributed by atoms with van der Waals surface area (Å²) in [5.74, 6) is 0. The van der Waals surface area contributed by atoms with Crippen LogP contribution in [-0.4, -0.2) is 6.54 Å². The molecule has 2 N–H and O–H groups in total. The minimum atomic E-state index is 0.225. The van der Waals surface area contributed by atoms with Crippen molar-refractivity contribution in [3.8, 4) is 0 Å². The van der Waals surface area contributed by atoms with Crippen molar-refractivity contribution in [1.29, 1.82) is 0 Å². The van der Waals surface area contributed by atoms with E-state index in [1.807, 2.05) is 0 Å². The molecule has 1 aromatic rings. The Morgan fingerprint density at radius 3 is 2.64 bits per heavy atom. The molecular formula is C10H15BrClNS. The van der Waals surface area contributed by atoms with Gasteiger partial charge < -0.3 is 5.73 Å². The third kappa shape index (κ3) is 3.54. The normalized spacial score (nSPS) is 12.1. The summed E-state index contributed by atoms with van der Waals surface area (Å²) in [5.41, 5.74) is 5.90. The smallest absolute Gasteiger partial charge is 0.107 e. The van der Waals surface area contributed by atoms with Crippen LogP contribution in [0, 0.1) is 5.41 Å². The first-order valence-corrected chi connectivity index (χ1v) is 6.57. The Bertz CT molecular complexity index is 290. The number of nitrogens with two attached hydrogens (primary N) is 1. The second-order valence-corrected chi connectivity index (χ2v) is 6.80. The fourth-order valence-electron chi connectivity index (χ4n) is 1.08. The zero-order chi connectivity index (χ0) is 10.8. The molecule has 1 nitrogen and oxygen atoms in total. The van der Waals surface area contributed by atoms with Crippen LogP contribution >= 0.6 is 38.9 Å². The molecule has 4 heteroatoms. The summed E-state index contributed by atoms with van der Waals surface area (Å²) in [4.78, 5) is 1.32. The van der Waals surface area contributed by atoms with Crippen LogP contribution in [0.5, 0.6) is 0 Å². The Balaban J connectivity index is 2.54. The van der Waals surface area contributed by atoms with Crippen molar-refractivity contribution in [3.05, 3.63) is 19.8 Å². The Hall–Kier alpha value is 0.430. The predicted molar refractivity (Wildman–Crippen MR) is 68.2 cm³/mol. The van der Waals surface area contributed by atoms with E-state index < -0.39 is 0 Å². The minimum absolute atomic E-state index is 0.225. The van der Waals surface area contributed by atoms with Gasteiger partial charge in [0.1, 0.15) is 4.34 Å². The van der Waals surface area contributed by atoms with Gasteiger partial charge in [-0.05, 0) is 46.8 Å². The Labute approximate surface area is 103 Å². The van der Waals surface area contributed by atoms with Crippen LogP contribution < -0.4 is 5.73 Å². The summed E-state index contributed by atoms with van der Waals surface area (Å²) in [6.45, 7) is 5.11. The van der Waals surface area contributed by atoms with Crippen LogP contribution in [0.3, 0.4) is 0 Å². The molecule has 0 aliphatic carbocycles. The van der Waals surface area contributed by atoms with Crippen molar-refractivity contribution in [2.75, 3.05) is 6.54 Å². The molecule has 1 aromatic heterocycles. The van der Waals surface area contributed by atoms with E-state index in [1.54, 1.807) is 11.3 Å². The van der Waals surface area contributed by atoms with Gasteiger partial charge in [-0.2, -0.15) is 0 Å². The van der Waals surface area contributed by atoms with Gasteiger partial charge in [0.25, 0.3) is 0 Å². The minimum Gasteiger partial charge on any atom is -0.330 e. The summed E-state index contributed by atoms with van der Waals surface area (Å²) in [7, 11) is 0. The molecule has 0 saturated carbocycles. The lowest BCUT2D eigenvalue weighted by atomic mass is 9.88. The lowest BCUT2D eigenvalue weighted by Gasteiger charge is -2.21. The quantitative estimate of drug-likeness (QED) is 0.890. The second kappa shape index (κ2) is 4.97. The van der Waals surface area contributed by atoms with E-state index in [9.17, 15) is 0 Å². The molecule has 0 atom stereocenters. The lowest BCUT2D eigenvalue weighted by Crippen LogP contribution is -2.23. The molecule has 0 aliphatic heterocycles. The first-order chi connectivity index (χ1) is 6.44. The van der Waals surface area contributed by atoms with Crippen LogP contribution in [0.15, 0.2) is 10.5 Å². The topological polar surface area (TPSA) is 26.0 Å². The monoisotopic (exact) mass is 295 g/mol. The number of halogens is 2. The van der Waals surface area contributed by atoms with E-state index >= 15 is 0 Å². The highest BCUT2D eigenvalue weighted by Crippen LogP contribution is 2.34. The summed E-state index contributed by atoms with van der Waals surface area (Å²) in [5, 5.41) is 0. The molecule has 14 heavy (non-hydrogen) atoms. The molecular weight excluding hydrogens is 282 g/mol. The molecule has 0 aromatic carbocycles. The van der Waals surface area contributed by atoms with Gasteiger partial charge in [-0.15, -0.1) is 11.3 Å². The van der Waals surface area contributed by atoms with Crippen molar-refractivity contribution in [1.82, 2.24) is 0 Å². The molecule has 0 fully saturated rings. The van der Waals surface area contributed by atoms with E-state index in [1.165, 1.54) is 4.88 Å². The van der Waals surface area contributed by atoms with Crippen molar-refractivity contribution in [2.45, 2.75) is 26.7 Å². The molecule has 1 rings (SSSR count). The number of rotatable bonds is 4. The van der Waals surface area contributed by atoms with Gasteiger partial charge in [-0.25, -0.2) is 0 Å². The van der Waals surface area contributed by atoms with Crippen molar-refractivity contribution < 1.29 is 0 Å². The van der Waals surface area contributed by atoms with Gasteiger partial charge in [0.05, 0.1) is 0 Å². The lowest BCUT2D eigenvalue weighted by molar-refractivity contribution is 0.349. The van der Waals surface area contributed by atoms with E-state index in [-0.39, 0.29) is 5.41 Å². The number of hydrogen-bond donors (Lipinski definition) is 1. The van der Waals surface area contributed by atoms with Crippen LogP contribution in [0.1, 0.15) is 25.1 Å². The maximum absolute atomic E-state index is 5.96. The summed E-state index contributed by atoms with van der Waals surface area (Å²) in [6.07, 6.45) is 2.16. The van der Waals surface area contributed by atoms with Gasteiger partial charge in [0.2, 0.25) is 0 Å². The van der Waals surface area contributed by atoms with E-state index in [0.29, 0.717) is 0 Å². The Kier molecular flexibility index (Phi) is 4.44. The molecule has 80 valence electrons. The molecule has 0 amide bonds. The molecule has 1 heterocycles. The standard InChI is InChI=1S/C10H15BrClNS/c1-10(2,6-13)4-3-7-5-8(11)9(12)14-7/h5H,3-4,6,13H2,1-2H3. The Morgan fingerprint density at radius 2 is 2.21 bits per heavy atom. The SMILES string of the molecule is CC(C)(CN)CCc1cc(Br)c(Cl)s1. The van der Waals surface area contributed by atoms with Gasteiger partial charge >= 0.3 is 0 Å². The number of aryl methyl sites for hydroxylation is 1. The summed E-state index contributed by atoms with van der Waals surface area (Å²) in [6, 6.07) is 2.10. The predicted octanol–water partition coefficient (Wildman–Crippen LogP) is 4.08. The van der Waals surface area contributed by atoms with E-state index in [0.717, 1.165) is 28.2 Å². The zero-order valence-electron chi connectivity index (χ0n) is 8.44. The Morgan fingerprint density at radius 1 is 1.57 bits per heavy atom. The largest absolute Gasteiger partial charge is 0.330 e. The highest BCUT2D eigenvalue weighted by Gasteiger charge is 2.16. The molecule has 0 bridgehead atoms. The molecule has 0 saturated heterocycles. The van der Waals surface area contributed by atoms with Gasteiger partial charge in [0.15, 0.2) is 0 Å². The molecule has 0 aliphatic rings. The number of hydrogen-bond acceptors (Lipinski definition) is 2. The number of thiophene rings is 1. The maximum Gasteiger partial charge on any atom is 0.107 e. The third-order valence-corrected chi connectivity index (χ3v) is 4.83. The van der Waals surface area contributed by atoms with Crippen molar-refractivity contribution in [3.63, 3.8) is 0 Å². The summed E-state index contributed by atoms with van der Waals surface area (Å²) < 4.78 is 1.84. The molecule has 0 radical (unpaired) electrons.